The van der Waals surface area contributed by atoms with Crippen LogP contribution in [0.2, 0.25) is 0 Å². The average Bonchev–Trinajstić information content (AvgIpc) is 2.80. The minimum atomic E-state index is -0.447. The molecule has 2 amide bonds. The third-order valence-corrected chi connectivity index (χ3v) is 4.06. The molecule has 6 heteroatoms. The topological polar surface area (TPSA) is 55.8 Å². The molecule has 136 valence electrons. The normalized spacial score (nSPS) is 14.8. The second-order valence-corrected chi connectivity index (χ2v) is 6.47. The van der Waals surface area contributed by atoms with Crippen LogP contribution in [-0.2, 0) is 14.3 Å². The van der Waals surface area contributed by atoms with Crippen molar-refractivity contribution in [1.29, 1.82) is 0 Å². The van der Waals surface area contributed by atoms with Gasteiger partial charge in [0, 0.05) is 13.2 Å². The Morgan fingerprint density at radius 2 is 1.76 bits per heavy atom. The standard InChI is InChI=1S/C19H24ClNO4/c1-4-11-25-15-8-6-14(7-9-15)16-17(20)19(23)21(18(16)22)10-5-12-24-13(2)3/h6-9,13H,4-5,10-12H2,1-3H3. The lowest BCUT2D eigenvalue weighted by molar-refractivity contribution is -0.136. The molecule has 0 unspecified atom stereocenters. The SMILES string of the molecule is CCCOc1ccc(C2=C(Cl)C(=O)N(CCCOC(C)C)C2=O)cc1. The molecule has 0 saturated carbocycles. The van der Waals surface area contributed by atoms with E-state index in [0.29, 0.717) is 31.7 Å². The van der Waals surface area contributed by atoms with E-state index in [2.05, 4.69) is 0 Å². The van der Waals surface area contributed by atoms with E-state index in [1.807, 2.05) is 20.8 Å². The summed E-state index contributed by atoms with van der Waals surface area (Å²) in [5.74, 6) is -0.0823. The number of hydrogen-bond acceptors (Lipinski definition) is 4. The van der Waals surface area contributed by atoms with Gasteiger partial charge in [0.25, 0.3) is 11.8 Å². The van der Waals surface area contributed by atoms with Gasteiger partial charge in [-0.3, -0.25) is 14.5 Å². The van der Waals surface area contributed by atoms with Crippen molar-refractivity contribution in [3.8, 4) is 5.75 Å². The number of carbonyl (C=O) groups excluding carboxylic acids is 2. The van der Waals surface area contributed by atoms with Gasteiger partial charge in [-0.05, 0) is 44.4 Å². The Kier molecular flexibility index (Phi) is 7.02. The van der Waals surface area contributed by atoms with Gasteiger partial charge in [0.05, 0.1) is 18.3 Å². The van der Waals surface area contributed by atoms with Gasteiger partial charge in [0.1, 0.15) is 10.8 Å². The van der Waals surface area contributed by atoms with E-state index in [9.17, 15) is 9.59 Å². The third-order valence-electron chi connectivity index (χ3n) is 3.70. The molecular weight excluding hydrogens is 342 g/mol. The van der Waals surface area contributed by atoms with Gasteiger partial charge in [-0.1, -0.05) is 30.7 Å². The average molecular weight is 366 g/mol. The van der Waals surface area contributed by atoms with Crippen molar-refractivity contribution < 1.29 is 19.1 Å². The van der Waals surface area contributed by atoms with Crippen LogP contribution in [-0.4, -0.2) is 42.6 Å². The molecule has 0 saturated heterocycles. The molecule has 5 nitrogen and oxygen atoms in total. The highest BCUT2D eigenvalue weighted by Gasteiger charge is 2.37. The Morgan fingerprint density at radius 1 is 1.08 bits per heavy atom. The maximum absolute atomic E-state index is 12.6. The first-order chi connectivity index (χ1) is 12.0. The molecule has 1 heterocycles. The summed E-state index contributed by atoms with van der Waals surface area (Å²) in [7, 11) is 0. The maximum Gasteiger partial charge on any atom is 0.273 e. The van der Waals surface area contributed by atoms with E-state index >= 15 is 0 Å². The first-order valence-corrected chi connectivity index (χ1v) is 8.94. The number of rotatable bonds is 9. The van der Waals surface area contributed by atoms with Crippen LogP contribution >= 0.6 is 11.6 Å². The fourth-order valence-electron chi connectivity index (χ4n) is 2.48. The number of amides is 2. The molecule has 25 heavy (non-hydrogen) atoms. The predicted molar refractivity (Wildman–Crippen MR) is 97.4 cm³/mol. The van der Waals surface area contributed by atoms with Gasteiger partial charge >= 0.3 is 0 Å². The maximum atomic E-state index is 12.6. The fourth-order valence-corrected chi connectivity index (χ4v) is 2.77. The number of nitrogens with zero attached hydrogens (tertiary/aromatic N) is 1. The third kappa shape index (κ3) is 4.83. The molecule has 0 bridgehead atoms. The summed E-state index contributed by atoms with van der Waals surface area (Å²) in [4.78, 5) is 26.1. The number of imide groups is 1. The summed E-state index contributed by atoms with van der Waals surface area (Å²) >= 11 is 6.14. The van der Waals surface area contributed by atoms with Crippen molar-refractivity contribution in [2.45, 2.75) is 39.7 Å². The van der Waals surface area contributed by atoms with Crippen molar-refractivity contribution in [2.24, 2.45) is 0 Å². The van der Waals surface area contributed by atoms with Crippen molar-refractivity contribution in [3.05, 3.63) is 34.9 Å². The van der Waals surface area contributed by atoms with Crippen LogP contribution in [0.3, 0.4) is 0 Å². The lowest BCUT2D eigenvalue weighted by atomic mass is 10.1. The lowest BCUT2D eigenvalue weighted by Crippen LogP contribution is -2.33. The minimum absolute atomic E-state index is 0.0306. The first-order valence-electron chi connectivity index (χ1n) is 8.56. The number of carbonyl (C=O) groups is 2. The van der Waals surface area contributed by atoms with E-state index in [1.54, 1.807) is 24.3 Å². The first kappa shape index (κ1) is 19.5. The molecule has 2 rings (SSSR count). The number of ether oxygens (including phenoxy) is 2. The highest BCUT2D eigenvalue weighted by Crippen LogP contribution is 2.32. The molecule has 1 aromatic carbocycles. The Labute approximate surface area is 153 Å². The zero-order valence-corrected chi connectivity index (χ0v) is 15.6. The van der Waals surface area contributed by atoms with E-state index in [4.69, 9.17) is 21.1 Å². The van der Waals surface area contributed by atoms with Crippen LogP contribution < -0.4 is 4.74 Å². The second-order valence-electron chi connectivity index (χ2n) is 6.10. The Bertz CT molecular complexity index is 652. The monoisotopic (exact) mass is 365 g/mol. The number of benzene rings is 1. The van der Waals surface area contributed by atoms with Gasteiger partial charge in [-0.25, -0.2) is 0 Å². The minimum Gasteiger partial charge on any atom is -0.494 e. The number of hydrogen-bond donors (Lipinski definition) is 0. The highest BCUT2D eigenvalue weighted by atomic mass is 35.5. The Balaban J connectivity index is 2.05. The Hall–Kier alpha value is -1.85. The summed E-state index contributed by atoms with van der Waals surface area (Å²) in [5.41, 5.74) is 0.867. The Morgan fingerprint density at radius 3 is 2.36 bits per heavy atom. The molecule has 0 radical (unpaired) electrons. The molecule has 0 N–H and O–H groups in total. The van der Waals surface area contributed by atoms with Crippen LogP contribution in [0.25, 0.3) is 5.57 Å². The molecule has 0 atom stereocenters. The van der Waals surface area contributed by atoms with E-state index in [0.717, 1.165) is 12.2 Å². The summed E-state index contributed by atoms with van der Waals surface area (Å²) < 4.78 is 11.0. The van der Waals surface area contributed by atoms with Crippen LogP contribution in [0.4, 0.5) is 0 Å². The zero-order chi connectivity index (χ0) is 18.4. The summed E-state index contributed by atoms with van der Waals surface area (Å²) in [6.07, 6.45) is 1.62. The summed E-state index contributed by atoms with van der Waals surface area (Å²) in [5, 5.41) is -0.0306. The van der Waals surface area contributed by atoms with Crippen LogP contribution in [0.15, 0.2) is 29.3 Å². The summed E-state index contributed by atoms with van der Waals surface area (Å²) in [6, 6.07) is 7.05. The van der Waals surface area contributed by atoms with E-state index in [-0.39, 0.29) is 22.6 Å². The molecule has 0 fully saturated rings. The van der Waals surface area contributed by atoms with Crippen molar-refractivity contribution in [3.63, 3.8) is 0 Å². The van der Waals surface area contributed by atoms with Crippen LogP contribution in [0, 0.1) is 0 Å². The summed E-state index contributed by atoms with van der Waals surface area (Å²) in [6.45, 7) is 7.33. The molecule has 1 aromatic rings. The van der Waals surface area contributed by atoms with Gasteiger partial charge < -0.3 is 9.47 Å². The van der Waals surface area contributed by atoms with Crippen LogP contribution in [0.5, 0.6) is 5.75 Å². The van der Waals surface area contributed by atoms with Crippen molar-refractivity contribution in [2.75, 3.05) is 19.8 Å². The fraction of sp³-hybridized carbons (Fsp3) is 0.474. The molecule has 0 spiro atoms. The predicted octanol–water partition coefficient (Wildman–Crippen LogP) is 3.61. The van der Waals surface area contributed by atoms with E-state index in [1.165, 1.54) is 4.90 Å². The van der Waals surface area contributed by atoms with Gasteiger partial charge in [-0.2, -0.15) is 0 Å². The molecule has 0 aromatic heterocycles. The quantitative estimate of drug-likeness (QED) is 0.495. The zero-order valence-electron chi connectivity index (χ0n) is 14.9. The smallest absolute Gasteiger partial charge is 0.273 e. The highest BCUT2D eigenvalue weighted by molar-refractivity contribution is 6.55. The van der Waals surface area contributed by atoms with Gasteiger partial charge in [0.2, 0.25) is 0 Å². The molecular formula is C19H24ClNO4. The largest absolute Gasteiger partial charge is 0.494 e. The molecule has 1 aliphatic heterocycles. The number of halogens is 1. The van der Waals surface area contributed by atoms with Crippen molar-refractivity contribution in [1.82, 2.24) is 4.90 Å². The van der Waals surface area contributed by atoms with Crippen LogP contribution in [0.1, 0.15) is 39.2 Å². The molecule has 0 aliphatic carbocycles. The second kappa shape index (κ2) is 9.02. The van der Waals surface area contributed by atoms with Gasteiger partial charge in [0.15, 0.2) is 0 Å². The lowest BCUT2D eigenvalue weighted by Gasteiger charge is -2.15. The van der Waals surface area contributed by atoms with Gasteiger partial charge in [-0.15, -0.1) is 0 Å². The van der Waals surface area contributed by atoms with Crippen molar-refractivity contribution >= 4 is 29.0 Å². The van der Waals surface area contributed by atoms with E-state index < -0.39 is 5.91 Å². The molecule has 1 aliphatic rings.